The van der Waals surface area contributed by atoms with Gasteiger partial charge in [0.25, 0.3) is 0 Å². The fourth-order valence-electron chi connectivity index (χ4n) is 12.0. The summed E-state index contributed by atoms with van der Waals surface area (Å²) in [5, 5.41) is 9.58. The van der Waals surface area contributed by atoms with Gasteiger partial charge in [0.05, 0.1) is 44.1 Å². The monoisotopic (exact) mass is 928 g/mol. The SMILES string of the molecule is Cc1ccc2c(c1)c1cc(C)ccc1n2-c1nc(-n2c3ccc(C)cc3c3cc(C)ccc32)c(-n2c3ccc(C)cc3c3cc(C)ccc32)c(-c2cccnc2)c1-n1c2ccc(C)cc2c2cc(C)ccc21. The van der Waals surface area contributed by atoms with E-state index in [0.717, 1.165) is 78.3 Å². The Bertz CT molecular complexity index is 4140. The van der Waals surface area contributed by atoms with Crippen LogP contribution in [0.4, 0.5) is 0 Å². The number of hydrogen-bond acceptors (Lipinski definition) is 2. The highest BCUT2D eigenvalue weighted by molar-refractivity contribution is 6.16. The molecular weight excluding hydrogens is 877 g/mol. The first-order chi connectivity index (χ1) is 35.0. The van der Waals surface area contributed by atoms with Gasteiger partial charge in [-0.3, -0.25) is 14.1 Å². The molecule has 6 nitrogen and oxygen atoms in total. The van der Waals surface area contributed by atoms with E-state index in [0.29, 0.717) is 0 Å². The second-order valence-corrected chi connectivity index (χ2v) is 20.6. The van der Waals surface area contributed by atoms with Crippen LogP contribution in [0.25, 0.3) is 121 Å². The number of fused-ring (bicyclic) bond motifs is 12. The van der Waals surface area contributed by atoms with Crippen molar-refractivity contribution in [1.29, 1.82) is 0 Å². The third-order valence-electron chi connectivity index (χ3n) is 15.2. The molecule has 0 aliphatic rings. The van der Waals surface area contributed by atoms with Crippen molar-refractivity contribution < 1.29 is 0 Å². The van der Waals surface area contributed by atoms with Crippen LogP contribution in [0.1, 0.15) is 44.5 Å². The van der Waals surface area contributed by atoms with E-state index in [1.54, 1.807) is 0 Å². The van der Waals surface area contributed by atoms with Crippen LogP contribution < -0.4 is 0 Å². The summed E-state index contributed by atoms with van der Waals surface area (Å²) < 4.78 is 9.93. The van der Waals surface area contributed by atoms with Gasteiger partial charge in [-0.05, 0) is 159 Å². The lowest BCUT2D eigenvalue weighted by Gasteiger charge is -2.26. The summed E-state index contributed by atoms with van der Waals surface area (Å²) in [5.74, 6) is 1.64. The van der Waals surface area contributed by atoms with Crippen LogP contribution in [-0.2, 0) is 0 Å². The van der Waals surface area contributed by atoms with E-state index < -0.39 is 0 Å². The first-order valence-corrected chi connectivity index (χ1v) is 25.0. The summed E-state index contributed by atoms with van der Waals surface area (Å²) in [6.07, 6.45) is 3.94. The van der Waals surface area contributed by atoms with Crippen LogP contribution in [0.3, 0.4) is 0 Å². The molecule has 0 fully saturated rings. The average molecular weight is 929 g/mol. The molecule has 6 aromatic heterocycles. The Hall–Kier alpha value is -8.74. The number of rotatable bonds is 5. The van der Waals surface area contributed by atoms with Crippen molar-refractivity contribution >= 4 is 87.2 Å². The predicted molar refractivity (Wildman–Crippen MR) is 303 cm³/mol. The molecular formula is C66H52N6. The Morgan fingerprint density at radius 1 is 0.292 bits per heavy atom. The largest absolute Gasteiger partial charge is 0.305 e. The van der Waals surface area contributed by atoms with E-state index in [9.17, 15) is 0 Å². The van der Waals surface area contributed by atoms with E-state index in [1.165, 1.54) is 87.6 Å². The van der Waals surface area contributed by atoms with Crippen LogP contribution in [0.5, 0.6) is 0 Å². The minimum atomic E-state index is 0.821. The van der Waals surface area contributed by atoms with Gasteiger partial charge >= 0.3 is 0 Å². The number of aryl methyl sites for hydroxylation is 8. The van der Waals surface area contributed by atoms with E-state index in [2.05, 4.69) is 238 Å². The summed E-state index contributed by atoms with van der Waals surface area (Å²) in [4.78, 5) is 11.4. The van der Waals surface area contributed by atoms with Crippen LogP contribution in [-0.4, -0.2) is 28.2 Å². The summed E-state index contributed by atoms with van der Waals surface area (Å²) in [5.41, 5.74) is 22.4. The number of pyridine rings is 2. The Balaban J connectivity index is 1.33. The second kappa shape index (κ2) is 15.4. The standard InChI is InChI=1S/C66H52N6/c1-37-11-19-54-46(28-37)47-29-38(2)12-20-55(47)69(54)63-62(45-10-9-27-67-36-45)64(70-56-21-13-39(3)30-48(56)49-31-40(4)14-22-57(49)70)66(72-60-25-17-43(7)34-52(60)53-35-44(8)18-26-61(53)72)68-65(63)71-58-23-15-41(5)32-50(58)51-33-42(6)16-24-59(51)71/h9-36H,1-8H3. The average Bonchev–Trinajstić information content (AvgIpc) is 4.07. The molecule has 6 heteroatoms. The number of hydrogen-bond donors (Lipinski definition) is 0. The summed E-state index contributed by atoms with van der Waals surface area (Å²) in [6, 6.07) is 59.5. The number of aromatic nitrogens is 6. The maximum Gasteiger partial charge on any atom is 0.165 e. The van der Waals surface area contributed by atoms with Gasteiger partial charge in [-0.25, -0.2) is 4.98 Å². The van der Waals surface area contributed by atoms with Gasteiger partial charge in [-0.15, -0.1) is 0 Å². The van der Waals surface area contributed by atoms with E-state index in [4.69, 9.17) is 9.97 Å². The molecule has 0 aliphatic heterocycles. The Morgan fingerprint density at radius 2 is 0.542 bits per heavy atom. The van der Waals surface area contributed by atoms with E-state index in [-0.39, 0.29) is 0 Å². The molecule has 0 aliphatic carbocycles. The molecule has 0 amide bonds. The zero-order chi connectivity index (χ0) is 48.8. The fourth-order valence-corrected chi connectivity index (χ4v) is 12.0. The van der Waals surface area contributed by atoms with Gasteiger partial charge in [0.2, 0.25) is 0 Å². The minimum absolute atomic E-state index is 0.821. The van der Waals surface area contributed by atoms with Crippen LogP contribution in [0.2, 0.25) is 0 Å². The van der Waals surface area contributed by atoms with Crippen LogP contribution >= 0.6 is 0 Å². The quantitative estimate of drug-likeness (QED) is 0.173. The fraction of sp³-hybridized carbons (Fsp3) is 0.121. The molecule has 14 aromatic rings. The van der Waals surface area contributed by atoms with Crippen LogP contribution in [0, 0.1) is 55.4 Å². The molecule has 346 valence electrons. The molecule has 0 saturated carbocycles. The molecule has 0 radical (unpaired) electrons. The lowest BCUT2D eigenvalue weighted by molar-refractivity contribution is 0.960. The van der Waals surface area contributed by atoms with Crippen molar-refractivity contribution in [2.75, 3.05) is 0 Å². The predicted octanol–water partition coefficient (Wildman–Crippen LogP) is 17.0. The molecule has 14 rings (SSSR count). The second-order valence-electron chi connectivity index (χ2n) is 20.6. The zero-order valence-electron chi connectivity index (χ0n) is 41.8. The highest BCUT2D eigenvalue weighted by Gasteiger charge is 2.33. The van der Waals surface area contributed by atoms with Gasteiger partial charge in [0.15, 0.2) is 11.6 Å². The Kier molecular flexibility index (Phi) is 9.01. The van der Waals surface area contributed by atoms with Gasteiger partial charge in [-0.2, -0.15) is 0 Å². The third kappa shape index (κ3) is 6.08. The van der Waals surface area contributed by atoms with Crippen molar-refractivity contribution in [3.05, 3.63) is 215 Å². The molecule has 8 aromatic carbocycles. The smallest absolute Gasteiger partial charge is 0.165 e. The Morgan fingerprint density at radius 3 is 0.778 bits per heavy atom. The molecule has 0 bridgehead atoms. The zero-order valence-corrected chi connectivity index (χ0v) is 41.8. The normalized spacial score (nSPS) is 12.2. The summed E-state index contributed by atoms with van der Waals surface area (Å²) in [6.45, 7) is 17.6. The molecule has 72 heavy (non-hydrogen) atoms. The maximum absolute atomic E-state index is 6.41. The summed E-state index contributed by atoms with van der Waals surface area (Å²) in [7, 11) is 0. The first-order valence-electron chi connectivity index (χ1n) is 25.0. The summed E-state index contributed by atoms with van der Waals surface area (Å²) >= 11 is 0. The van der Waals surface area contributed by atoms with Gasteiger partial charge in [0.1, 0.15) is 11.4 Å². The van der Waals surface area contributed by atoms with Crippen molar-refractivity contribution in [2.45, 2.75) is 55.4 Å². The van der Waals surface area contributed by atoms with Crippen molar-refractivity contribution in [3.8, 4) is 34.1 Å². The molecule has 6 heterocycles. The van der Waals surface area contributed by atoms with Crippen LogP contribution in [0.15, 0.2) is 170 Å². The third-order valence-corrected chi connectivity index (χ3v) is 15.2. The topological polar surface area (TPSA) is 45.5 Å². The molecule has 0 unspecified atom stereocenters. The van der Waals surface area contributed by atoms with E-state index >= 15 is 0 Å². The Labute approximate surface area is 417 Å². The lowest BCUT2D eigenvalue weighted by Crippen LogP contribution is -2.16. The first kappa shape index (κ1) is 42.2. The van der Waals surface area contributed by atoms with Gasteiger partial charge < -0.3 is 9.13 Å². The highest BCUT2D eigenvalue weighted by atomic mass is 15.2. The number of nitrogens with zero attached hydrogens (tertiary/aromatic N) is 6. The number of benzene rings is 8. The van der Waals surface area contributed by atoms with Gasteiger partial charge in [-0.1, -0.05) is 99.1 Å². The molecule has 0 spiro atoms. The highest BCUT2D eigenvalue weighted by Crippen LogP contribution is 2.49. The lowest BCUT2D eigenvalue weighted by atomic mass is 10.0. The van der Waals surface area contributed by atoms with E-state index in [1.807, 2.05) is 6.20 Å². The molecule has 0 N–H and O–H groups in total. The van der Waals surface area contributed by atoms with Gasteiger partial charge in [0, 0.05) is 66.6 Å². The molecule has 0 atom stereocenters. The maximum atomic E-state index is 6.41. The minimum Gasteiger partial charge on any atom is -0.305 e. The van der Waals surface area contributed by atoms with Crippen molar-refractivity contribution in [2.24, 2.45) is 0 Å². The van der Waals surface area contributed by atoms with Crippen molar-refractivity contribution in [1.82, 2.24) is 28.2 Å². The molecule has 0 saturated heterocycles. The van der Waals surface area contributed by atoms with Crippen molar-refractivity contribution in [3.63, 3.8) is 0 Å².